The van der Waals surface area contributed by atoms with Gasteiger partial charge in [-0.3, -0.25) is 4.90 Å². The van der Waals surface area contributed by atoms with E-state index >= 15 is 0 Å². The Labute approximate surface area is 132 Å². The van der Waals surface area contributed by atoms with Gasteiger partial charge in [0, 0.05) is 30.6 Å². The molecule has 0 N–H and O–H groups in total. The van der Waals surface area contributed by atoms with Crippen molar-refractivity contribution in [3.63, 3.8) is 0 Å². The van der Waals surface area contributed by atoms with Crippen molar-refractivity contribution in [3.8, 4) is 6.07 Å². The average Bonchev–Trinajstić information content (AvgIpc) is 2.43. The fraction of sp³-hybridized carbons (Fsp3) is 0.500. The maximum absolute atomic E-state index is 8.86. The first kappa shape index (κ1) is 16.4. The van der Waals surface area contributed by atoms with E-state index in [1.807, 2.05) is 25.1 Å². The predicted molar refractivity (Wildman–Crippen MR) is 89.2 cm³/mol. The number of nitrogens with zero attached hydrogens (tertiary/aromatic N) is 4. The molecule has 0 aliphatic rings. The van der Waals surface area contributed by atoms with Gasteiger partial charge in [-0.1, -0.05) is 39.0 Å². The van der Waals surface area contributed by atoms with Crippen LogP contribution in [-0.4, -0.2) is 28.0 Å². The normalized spacial score (nSPS) is 11.8. The van der Waals surface area contributed by atoms with Crippen LogP contribution in [0.25, 0.3) is 10.9 Å². The highest BCUT2D eigenvalue weighted by molar-refractivity contribution is 5.80. The minimum atomic E-state index is 0.182. The first-order valence-corrected chi connectivity index (χ1v) is 7.70. The van der Waals surface area contributed by atoms with Crippen molar-refractivity contribution >= 4 is 10.9 Å². The van der Waals surface area contributed by atoms with Crippen LogP contribution in [0, 0.1) is 23.7 Å². The zero-order chi connectivity index (χ0) is 16.2. The molecule has 0 amide bonds. The quantitative estimate of drug-likeness (QED) is 0.844. The van der Waals surface area contributed by atoms with Crippen molar-refractivity contribution in [1.29, 1.82) is 5.26 Å². The third-order valence-corrected chi connectivity index (χ3v) is 3.44. The number of para-hydroxylation sites is 1. The van der Waals surface area contributed by atoms with E-state index < -0.39 is 0 Å². The molecule has 0 atom stereocenters. The number of aromatic nitrogens is 2. The van der Waals surface area contributed by atoms with Crippen LogP contribution in [0.3, 0.4) is 0 Å². The lowest BCUT2D eigenvalue weighted by Crippen LogP contribution is -2.33. The first-order chi connectivity index (χ1) is 10.4. The molecule has 0 saturated carbocycles. The second-order valence-corrected chi connectivity index (χ2v) is 6.92. The monoisotopic (exact) mass is 296 g/mol. The van der Waals surface area contributed by atoms with Crippen molar-refractivity contribution in [1.82, 2.24) is 14.9 Å². The minimum Gasteiger partial charge on any atom is -0.294 e. The molecule has 0 spiro atoms. The number of rotatable bonds is 5. The molecule has 2 aromatic rings. The predicted octanol–water partition coefficient (Wildman–Crippen LogP) is 3.70. The van der Waals surface area contributed by atoms with Gasteiger partial charge in [-0.2, -0.15) is 5.26 Å². The van der Waals surface area contributed by atoms with Gasteiger partial charge in [-0.25, -0.2) is 9.97 Å². The van der Waals surface area contributed by atoms with Crippen LogP contribution in [-0.2, 0) is 6.54 Å². The average molecular weight is 296 g/mol. The van der Waals surface area contributed by atoms with Crippen molar-refractivity contribution < 1.29 is 0 Å². The van der Waals surface area contributed by atoms with Crippen LogP contribution in [0.4, 0.5) is 0 Å². The minimum absolute atomic E-state index is 0.182. The summed E-state index contributed by atoms with van der Waals surface area (Å²) < 4.78 is 0. The summed E-state index contributed by atoms with van der Waals surface area (Å²) in [5.74, 6) is 0.832. The highest BCUT2D eigenvalue weighted by Gasteiger charge is 2.18. The molecule has 116 valence electrons. The van der Waals surface area contributed by atoms with Gasteiger partial charge in [-0.05, 0) is 18.4 Å². The molecule has 4 heteroatoms. The van der Waals surface area contributed by atoms with Gasteiger partial charge in [0.25, 0.3) is 0 Å². The molecule has 0 fully saturated rings. The van der Waals surface area contributed by atoms with Crippen LogP contribution in [0.2, 0.25) is 0 Å². The molecule has 1 heterocycles. The summed E-state index contributed by atoms with van der Waals surface area (Å²) in [6.07, 6.45) is 0.530. The Hall–Kier alpha value is -1.99. The number of aryl methyl sites for hydroxylation is 1. The van der Waals surface area contributed by atoms with Gasteiger partial charge in [-0.15, -0.1) is 0 Å². The van der Waals surface area contributed by atoms with E-state index in [0.29, 0.717) is 13.0 Å². The molecule has 1 aromatic carbocycles. The summed E-state index contributed by atoms with van der Waals surface area (Å²) in [5.41, 5.74) is 2.18. The maximum atomic E-state index is 8.86. The Morgan fingerprint density at radius 2 is 1.91 bits per heavy atom. The van der Waals surface area contributed by atoms with Crippen LogP contribution in [0.1, 0.15) is 38.7 Å². The Kier molecular flexibility index (Phi) is 5.10. The third-order valence-electron chi connectivity index (χ3n) is 3.44. The Balaban J connectivity index is 2.23. The lowest BCUT2D eigenvalue weighted by molar-refractivity contribution is 0.183. The molecule has 0 aliphatic carbocycles. The smallest absolute Gasteiger partial charge is 0.143 e. The van der Waals surface area contributed by atoms with E-state index in [1.54, 1.807) is 0 Å². The second-order valence-electron chi connectivity index (χ2n) is 6.92. The van der Waals surface area contributed by atoms with Gasteiger partial charge in [0.2, 0.25) is 0 Å². The number of nitriles is 1. The molecule has 22 heavy (non-hydrogen) atoms. The molecule has 0 aliphatic heterocycles. The van der Waals surface area contributed by atoms with E-state index in [9.17, 15) is 0 Å². The third kappa shape index (κ3) is 4.51. The van der Waals surface area contributed by atoms with E-state index in [2.05, 4.69) is 47.8 Å². The summed E-state index contributed by atoms with van der Waals surface area (Å²) >= 11 is 0. The highest BCUT2D eigenvalue weighted by Crippen LogP contribution is 2.19. The lowest BCUT2D eigenvalue weighted by Gasteiger charge is -2.28. The fourth-order valence-electron chi connectivity index (χ4n) is 2.66. The molecule has 0 bridgehead atoms. The summed E-state index contributed by atoms with van der Waals surface area (Å²) in [4.78, 5) is 11.6. The number of fused-ring (bicyclic) bond motifs is 1. The second kappa shape index (κ2) is 6.85. The first-order valence-electron chi connectivity index (χ1n) is 7.70. The van der Waals surface area contributed by atoms with E-state index in [1.165, 1.54) is 0 Å². The molecular formula is C18H24N4. The van der Waals surface area contributed by atoms with Gasteiger partial charge in [0.05, 0.1) is 18.1 Å². The summed E-state index contributed by atoms with van der Waals surface area (Å²) in [7, 11) is 0. The summed E-state index contributed by atoms with van der Waals surface area (Å²) in [6.45, 7) is 11.0. The van der Waals surface area contributed by atoms with Gasteiger partial charge >= 0.3 is 0 Å². The van der Waals surface area contributed by atoms with Crippen molar-refractivity contribution in [3.05, 3.63) is 35.8 Å². The molecular weight excluding hydrogens is 272 g/mol. The molecule has 0 radical (unpaired) electrons. The zero-order valence-corrected chi connectivity index (χ0v) is 13.9. The van der Waals surface area contributed by atoms with Gasteiger partial charge in [0.15, 0.2) is 0 Å². The number of hydrogen-bond donors (Lipinski definition) is 0. The zero-order valence-electron chi connectivity index (χ0n) is 13.9. The van der Waals surface area contributed by atoms with E-state index in [-0.39, 0.29) is 5.41 Å². The summed E-state index contributed by atoms with van der Waals surface area (Å²) in [6, 6.07) is 10.3. The van der Waals surface area contributed by atoms with Crippen molar-refractivity contribution in [2.45, 2.75) is 40.7 Å². The van der Waals surface area contributed by atoms with Crippen LogP contribution >= 0.6 is 0 Å². The van der Waals surface area contributed by atoms with E-state index in [0.717, 1.165) is 35.5 Å². The molecule has 1 aromatic heterocycles. The van der Waals surface area contributed by atoms with Crippen molar-refractivity contribution in [2.75, 3.05) is 13.1 Å². The summed E-state index contributed by atoms with van der Waals surface area (Å²) in [5, 5.41) is 9.96. The molecule has 2 rings (SSSR count). The standard InChI is InChI=1S/C18H24N4/c1-14-15-8-5-6-9-16(15)21-17(20-14)12-22(11-7-10-19)13-18(2,3)4/h5-6,8-9H,7,11-13H2,1-4H3. The van der Waals surface area contributed by atoms with Gasteiger partial charge in [0.1, 0.15) is 5.82 Å². The van der Waals surface area contributed by atoms with E-state index in [4.69, 9.17) is 5.26 Å². The van der Waals surface area contributed by atoms with Crippen LogP contribution in [0.5, 0.6) is 0 Å². The van der Waals surface area contributed by atoms with Crippen molar-refractivity contribution in [2.24, 2.45) is 5.41 Å². The largest absolute Gasteiger partial charge is 0.294 e. The highest BCUT2D eigenvalue weighted by atomic mass is 15.1. The molecule has 0 saturated heterocycles. The SMILES string of the molecule is Cc1nc(CN(CCC#N)CC(C)(C)C)nc2ccccc12. The maximum Gasteiger partial charge on any atom is 0.143 e. The number of hydrogen-bond acceptors (Lipinski definition) is 4. The Morgan fingerprint density at radius 1 is 1.18 bits per heavy atom. The molecule has 0 unspecified atom stereocenters. The molecule has 4 nitrogen and oxygen atoms in total. The Bertz CT molecular complexity index is 680. The topological polar surface area (TPSA) is 52.8 Å². The van der Waals surface area contributed by atoms with Crippen LogP contribution in [0.15, 0.2) is 24.3 Å². The lowest BCUT2D eigenvalue weighted by atomic mass is 9.96. The van der Waals surface area contributed by atoms with Crippen LogP contribution < -0.4 is 0 Å². The Morgan fingerprint density at radius 3 is 2.59 bits per heavy atom. The number of benzene rings is 1. The fourth-order valence-corrected chi connectivity index (χ4v) is 2.66. The van der Waals surface area contributed by atoms with Gasteiger partial charge < -0.3 is 0 Å².